The van der Waals surface area contributed by atoms with Gasteiger partial charge in [-0.05, 0) is 36.4 Å². The molecule has 2 rings (SSSR count). The number of hydrogen-bond acceptors (Lipinski definition) is 5. The number of ether oxygens (including phenoxy) is 3. The number of nitrogens with one attached hydrogen (secondary N) is 2. The Morgan fingerprint density at radius 1 is 0.833 bits per heavy atom. The molecule has 0 aromatic heterocycles. The molecule has 7 heteroatoms. The van der Waals surface area contributed by atoms with Crippen molar-refractivity contribution in [2.45, 2.75) is 0 Å². The van der Waals surface area contributed by atoms with Crippen LogP contribution >= 0.6 is 0 Å². The van der Waals surface area contributed by atoms with Crippen molar-refractivity contribution >= 4 is 23.4 Å². The summed E-state index contributed by atoms with van der Waals surface area (Å²) in [7, 11) is 4.31. The molecule has 0 saturated heterocycles. The number of urea groups is 1. The van der Waals surface area contributed by atoms with Crippen LogP contribution in [0.15, 0.2) is 42.5 Å². The van der Waals surface area contributed by atoms with Crippen LogP contribution in [-0.4, -0.2) is 33.3 Å². The fraction of sp³-hybridized carbons (Fsp3) is 0.176. The Morgan fingerprint density at radius 3 is 1.92 bits per heavy atom. The number of anilines is 2. The molecule has 2 aromatic rings. The quantitative estimate of drug-likeness (QED) is 0.823. The van der Waals surface area contributed by atoms with Gasteiger partial charge in [0.2, 0.25) is 0 Å². The van der Waals surface area contributed by atoms with E-state index in [4.69, 9.17) is 9.47 Å². The van der Waals surface area contributed by atoms with Crippen molar-refractivity contribution in [2.24, 2.45) is 0 Å². The predicted octanol–water partition coefficient (Wildman–Crippen LogP) is 3.13. The molecule has 0 unspecified atom stereocenters. The van der Waals surface area contributed by atoms with Gasteiger partial charge in [-0.1, -0.05) is 6.07 Å². The summed E-state index contributed by atoms with van der Waals surface area (Å²) in [5.74, 6) is 0.515. The second-order valence-corrected chi connectivity index (χ2v) is 4.69. The van der Waals surface area contributed by atoms with Crippen molar-refractivity contribution in [1.29, 1.82) is 0 Å². The largest absolute Gasteiger partial charge is 0.494 e. The number of esters is 1. The number of methoxy groups -OCH3 is 3. The van der Waals surface area contributed by atoms with Gasteiger partial charge in [0, 0.05) is 5.69 Å². The maximum Gasteiger partial charge on any atom is 0.337 e. The van der Waals surface area contributed by atoms with E-state index in [9.17, 15) is 9.59 Å². The number of hydrogen-bond donors (Lipinski definition) is 2. The lowest BCUT2D eigenvalue weighted by Crippen LogP contribution is -2.20. The first-order valence-corrected chi connectivity index (χ1v) is 7.06. The smallest absolute Gasteiger partial charge is 0.337 e. The highest BCUT2D eigenvalue weighted by atomic mass is 16.5. The molecule has 0 radical (unpaired) electrons. The molecular weight excluding hydrogens is 312 g/mol. The van der Waals surface area contributed by atoms with Crippen LogP contribution in [0, 0.1) is 0 Å². The van der Waals surface area contributed by atoms with E-state index in [0.717, 1.165) is 0 Å². The number of rotatable bonds is 5. The molecule has 0 fully saturated rings. The van der Waals surface area contributed by atoms with Gasteiger partial charge in [0.25, 0.3) is 0 Å². The molecule has 0 atom stereocenters. The lowest BCUT2D eigenvalue weighted by molar-refractivity contribution is 0.0600. The Balaban J connectivity index is 2.10. The van der Waals surface area contributed by atoms with Gasteiger partial charge in [-0.2, -0.15) is 0 Å². The fourth-order valence-electron chi connectivity index (χ4n) is 2.06. The summed E-state index contributed by atoms with van der Waals surface area (Å²) in [6.45, 7) is 0. The monoisotopic (exact) mass is 330 g/mol. The lowest BCUT2D eigenvalue weighted by atomic mass is 10.2. The average Bonchev–Trinajstić information content (AvgIpc) is 2.61. The zero-order chi connectivity index (χ0) is 17.5. The highest BCUT2D eigenvalue weighted by Gasteiger charge is 2.13. The molecule has 2 amide bonds. The molecule has 126 valence electrons. The fourth-order valence-corrected chi connectivity index (χ4v) is 2.06. The summed E-state index contributed by atoms with van der Waals surface area (Å²) in [4.78, 5) is 23.5. The van der Waals surface area contributed by atoms with E-state index in [1.165, 1.54) is 21.3 Å². The first kappa shape index (κ1) is 17.1. The molecule has 24 heavy (non-hydrogen) atoms. The maximum absolute atomic E-state index is 12.2. The second-order valence-electron chi connectivity index (χ2n) is 4.69. The van der Waals surface area contributed by atoms with Crippen LogP contribution in [0.5, 0.6) is 11.5 Å². The lowest BCUT2D eigenvalue weighted by Gasteiger charge is -2.14. The van der Waals surface area contributed by atoms with E-state index in [-0.39, 0.29) is 0 Å². The molecule has 0 bridgehead atoms. The molecule has 2 aromatic carbocycles. The van der Waals surface area contributed by atoms with Crippen molar-refractivity contribution in [3.05, 3.63) is 48.0 Å². The van der Waals surface area contributed by atoms with Crippen LogP contribution in [0.1, 0.15) is 10.4 Å². The topological polar surface area (TPSA) is 85.9 Å². The molecule has 0 heterocycles. The molecule has 0 aliphatic rings. The van der Waals surface area contributed by atoms with Crippen LogP contribution in [0.4, 0.5) is 16.2 Å². The highest BCUT2D eigenvalue weighted by Crippen LogP contribution is 2.34. The van der Waals surface area contributed by atoms with Gasteiger partial charge < -0.3 is 24.8 Å². The standard InChI is InChI=1S/C17H18N2O5/c1-22-13-5-4-6-14(23-2)15(13)19-17(21)18-12-9-7-11(8-10-12)16(20)24-3/h4-10H,1-3H3,(H2,18,19,21). The summed E-state index contributed by atoms with van der Waals surface area (Å²) in [5, 5.41) is 5.35. The number of benzene rings is 2. The first-order valence-electron chi connectivity index (χ1n) is 7.06. The molecule has 2 N–H and O–H groups in total. The van der Waals surface area contributed by atoms with Gasteiger partial charge in [0.05, 0.1) is 26.9 Å². The van der Waals surface area contributed by atoms with Gasteiger partial charge in [-0.3, -0.25) is 0 Å². The number of carbonyl (C=O) groups excluding carboxylic acids is 2. The zero-order valence-corrected chi connectivity index (χ0v) is 13.6. The second kappa shape index (κ2) is 7.87. The van der Waals surface area contributed by atoms with Crippen molar-refractivity contribution < 1.29 is 23.8 Å². The molecular formula is C17H18N2O5. The summed E-state index contributed by atoms with van der Waals surface area (Å²) in [5.41, 5.74) is 1.34. The number of amides is 2. The highest BCUT2D eigenvalue weighted by molar-refractivity contribution is 6.02. The third kappa shape index (κ3) is 3.95. The van der Waals surface area contributed by atoms with Crippen molar-refractivity contribution in [1.82, 2.24) is 0 Å². The minimum atomic E-state index is -0.469. The van der Waals surface area contributed by atoms with E-state index in [0.29, 0.717) is 28.4 Å². The Labute approximate surface area is 139 Å². The zero-order valence-electron chi connectivity index (χ0n) is 13.6. The van der Waals surface area contributed by atoms with Crippen molar-refractivity contribution in [3.8, 4) is 11.5 Å². The van der Waals surface area contributed by atoms with Crippen LogP contribution in [-0.2, 0) is 4.74 Å². The van der Waals surface area contributed by atoms with Gasteiger partial charge in [-0.15, -0.1) is 0 Å². The van der Waals surface area contributed by atoms with Crippen LogP contribution in [0.3, 0.4) is 0 Å². The Bertz CT molecular complexity index is 706. The van der Waals surface area contributed by atoms with Gasteiger partial charge in [0.1, 0.15) is 17.2 Å². The van der Waals surface area contributed by atoms with E-state index >= 15 is 0 Å². The van der Waals surface area contributed by atoms with Crippen molar-refractivity contribution in [2.75, 3.05) is 32.0 Å². The normalized spacial score (nSPS) is 9.79. The summed E-state index contributed by atoms with van der Waals surface area (Å²) < 4.78 is 15.1. The van der Waals surface area contributed by atoms with E-state index in [1.54, 1.807) is 42.5 Å². The molecule has 7 nitrogen and oxygen atoms in total. The van der Waals surface area contributed by atoms with E-state index in [1.807, 2.05) is 0 Å². The minimum Gasteiger partial charge on any atom is -0.494 e. The third-order valence-corrected chi connectivity index (χ3v) is 3.23. The van der Waals surface area contributed by atoms with E-state index < -0.39 is 12.0 Å². The summed E-state index contributed by atoms with van der Waals surface area (Å²) in [6.07, 6.45) is 0. The average molecular weight is 330 g/mol. The Kier molecular flexibility index (Phi) is 5.62. The Morgan fingerprint density at radius 2 is 1.42 bits per heavy atom. The molecule has 0 aliphatic heterocycles. The maximum atomic E-state index is 12.2. The first-order chi connectivity index (χ1) is 11.6. The summed E-state index contributed by atoms with van der Waals surface area (Å²) >= 11 is 0. The minimum absolute atomic E-state index is 0.398. The predicted molar refractivity (Wildman–Crippen MR) is 90.0 cm³/mol. The molecule has 0 saturated carbocycles. The molecule has 0 aliphatic carbocycles. The van der Waals surface area contributed by atoms with Crippen LogP contribution in [0.25, 0.3) is 0 Å². The number of carbonyl (C=O) groups is 2. The van der Waals surface area contributed by atoms with Crippen molar-refractivity contribution in [3.63, 3.8) is 0 Å². The SMILES string of the molecule is COC(=O)c1ccc(NC(=O)Nc2c(OC)cccc2OC)cc1. The van der Waals surface area contributed by atoms with Gasteiger partial charge >= 0.3 is 12.0 Å². The number of para-hydroxylation sites is 1. The third-order valence-electron chi connectivity index (χ3n) is 3.23. The molecule has 0 spiro atoms. The Hall–Kier alpha value is -3.22. The van der Waals surface area contributed by atoms with Gasteiger partial charge in [0.15, 0.2) is 0 Å². The van der Waals surface area contributed by atoms with E-state index in [2.05, 4.69) is 15.4 Å². The van der Waals surface area contributed by atoms with Crippen LogP contribution < -0.4 is 20.1 Å². The van der Waals surface area contributed by atoms with Gasteiger partial charge in [-0.25, -0.2) is 9.59 Å². The summed E-state index contributed by atoms with van der Waals surface area (Å²) in [6, 6.07) is 11.0. The van der Waals surface area contributed by atoms with Crippen LogP contribution in [0.2, 0.25) is 0 Å².